The van der Waals surface area contributed by atoms with Crippen molar-refractivity contribution < 1.29 is 9.53 Å². The van der Waals surface area contributed by atoms with Crippen molar-refractivity contribution in [3.63, 3.8) is 0 Å². The standard InChI is InChI=1S/C23H35NO2/c1-14(25)26-21-22(2,3)12-20-19-9-8-16-15(13-24)6-5-7-17(16)18(19)10-11-23(20,21)4/h15-21H,5-12H2,1-4H3/t15?,16?,17?,18?,19?,20?,21-,23-/m0/s1. The molecule has 3 heteroatoms. The number of esters is 1. The Kier molecular flexibility index (Phi) is 4.41. The minimum absolute atomic E-state index is 0.0504. The molecule has 144 valence electrons. The van der Waals surface area contributed by atoms with Crippen LogP contribution in [0.2, 0.25) is 0 Å². The fourth-order valence-corrected chi connectivity index (χ4v) is 8.14. The van der Waals surface area contributed by atoms with E-state index in [1.54, 1.807) is 6.92 Å². The van der Waals surface area contributed by atoms with Gasteiger partial charge < -0.3 is 4.74 Å². The Hall–Kier alpha value is -1.04. The number of ether oxygens (including phenoxy) is 1. The molecular formula is C23H35NO2. The van der Waals surface area contributed by atoms with Gasteiger partial charge in [-0.1, -0.05) is 27.2 Å². The third-order valence-electron chi connectivity index (χ3n) is 8.94. The van der Waals surface area contributed by atoms with Crippen LogP contribution >= 0.6 is 0 Å². The van der Waals surface area contributed by atoms with E-state index in [0.29, 0.717) is 17.8 Å². The quantitative estimate of drug-likeness (QED) is 0.595. The molecule has 0 radical (unpaired) electrons. The summed E-state index contributed by atoms with van der Waals surface area (Å²) in [6.07, 6.45) is 9.92. The predicted molar refractivity (Wildman–Crippen MR) is 101 cm³/mol. The molecule has 0 aromatic rings. The van der Waals surface area contributed by atoms with Crippen molar-refractivity contribution in [2.45, 2.75) is 85.2 Å². The maximum absolute atomic E-state index is 11.8. The van der Waals surface area contributed by atoms with Crippen LogP contribution in [-0.4, -0.2) is 12.1 Å². The summed E-state index contributed by atoms with van der Waals surface area (Å²) in [4.78, 5) is 11.8. The zero-order valence-corrected chi connectivity index (χ0v) is 17.0. The molecule has 4 aliphatic carbocycles. The summed E-state index contributed by atoms with van der Waals surface area (Å²) >= 11 is 0. The molecule has 6 unspecified atom stereocenters. The molecule has 0 saturated heterocycles. The molecule has 4 fully saturated rings. The molecule has 0 aromatic carbocycles. The van der Waals surface area contributed by atoms with Crippen LogP contribution in [-0.2, 0) is 9.53 Å². The Balaban J connectivity index is 1.61. The van der Waals surface area contributed by atoms with E-state index in [0.717, 1.165) is 24.2 Å². The van der Waals surface area contributed by atoms with Gasteiger partial charge in [0.15, 0.2) is 0 Å². The number of carbonyl (C=O) groups is 1. The predicted octanol–water partition coefficient (Wildman–Crippen LogP) is 5.35. The van der Waals surface area contributed by atoms with E-state index in [-0.39, 0.29) is 22.9 Å². The molecule has 0 aromatic heterocycles. The number of fused-ring (bicyclic) bond motifs is 5. The molecule has 3 nitrogen and oxygen atoms in total. The maximum atomic E-state index is 11.8. The summed E-state index contributed by atoms with van der Waals surface area (Å²) in [7, 11) is 0. The largest absolute Gasteiger partial charge is 0.461 e. The van der Waals surface area contributed by atoms with Crippen LogP contribution < -0.4 is 0 Å². The Labute approximate surface area is 158 Å². The normalized spacial score (nSPS) is 49.3. The van der Waals surface area contributed by atoms with Gasteiger partial charge in [0.25, 0.3) is 0 Å². The van der Waals surface area contributed by atoms with Gasteiger partial charge in [0.2, 0.25) is 0 Å². The van der Waals surface area contributed by atoms with Gasteiger partial charge in [-0.25, -0.2) is 0 Å². The summed E-state index contributed by atoms with van der Waals surface area (Å²) in [6, 6.07) is 2.64. The van der Waals surface area contributed by atoms with Crippen molar-refractivity contribution >= 4 is 5.97 Å². The van der Waals surface area contributed by atoms with Gasteiger partial charge in [-0.15, -0.1) is 0 Å². The van der Waals surface area contributed by atoms with E-state index in [1.165, 1.54) is 44.9 Å². The van der Waals surface area contributed by atoms with Crippen molar-refractivity contribution in [3.8, 4) is 6.07 Å². The number of nitrogens with zero attached hydrogens (tertiary/aromatic N) is 1. The fraction of sp³-hybridized carbons (Fsp3) is 0.913. The van der Waals surface area contributed by atoms with E-state index in [4.69, 9.17) is 4.74 Å². The first-order chi connectivity index (χ1) is 12.3. The van der Waals surface area contributed by atoms with Crippen molar-refractivity contribution in [1.29, 1.82) is 5.26 Å². The van der Waals surface area contributed by atoms with Crippen molar-refractivity contribution in [3.05, 3.63) is 0 Å². The smallest absolute Gasteiger partial charge is 0.302 e. The van der Waals surface area contributed by atoms with E-state index in [9.17, 15) is 10.1 Å². The molecule has 4 aliphatic rings. The van der Waals surface area contributed by atoms with Gasteiger partial charge in [0.1, 0.15) is 6.10 Å². The van der Waals surface area contributed by atoms with Crippen LogP contribution in [0, 0.1) is 57.7 Å². The molecule has 0 amide bonds. The zero-order chi connectivity index (χ0) is 18.7. The Morgan fingerprint density at radius 2 is 1.69 bits per heavy atom. The molecule has 4 saturated carbocycles. The lowest BCUT2D eigenvalue weighted by Gasteiger charge is -2.56. The second-order valence-corrected chi connectivity index (χ2v) is 10.7. The van der Waals surface area contributed by atoms with Crippen LogP contribution in [0.4, 0.5) is 0 Å². The first kappa shape index (κ1) is 18.3. The lowest BCUT2D eigenvalue weighted by atomic mass is 9.49. The first-order valence-electron chi connectivity index (χ1n) is 10.8. The van der Waals surface area contributed by atoms with Gasteiger partial charge in [-0.2, -0.15) is 5.26 Å². The molecule has 0 aliphatic heterocycles. The minimum atomic E-state index is -0.125. The topological polar surface area (TPSA) is 50.1 Å². The molecule has 0 bridgehead atoms. The highest BCUT2D eigenvalue weighted by atomic mass is 16.5. The molecular weight excluding hydrogens is 322 g/mol. The number of hydrogen-bond acceptors (Lipinski definition) is 3. The SMILES string of the molecule is CC(=O)O[C@H]1C(C)(C)CC2C3CCC4C(C#N)CCCC4C3CC[C@@]21C. The van der Waals surface area contributed by atoms with Gasteiger partial charge >= 0.3 is 5.97 Å². The van der Waals surface area contributed by atoms with Gasteiger partial charge in [-0.3, -0.25) is 4.79 Å². The third kappa shape index (κ3) is 2.62. The lowest BCUT2D eigenvalue weighted by Crippen LogP contribution is -2.51. The number of hydrogen-bond donors (Lipinski definition) is 0. The summed E-state index contributed by atoms with van der Waals surface area (Å²) < 4.78 is 5.94. The highest BCUT2D eigenvalue weighted by Crippen LogP contribution is 2.67. The van der Waals surface area contributed by atoms with Crippen molar-refractivity contribution in [2.24, 2.45) is 46.3 Å². The van der Waals surface area contributed by atoms with E-state index in [2.05, 4.69) is 26.8 Å². The summed E-state index contributed by atoms with van der Waals surface area (Å²) in [5.74, 6) is 3.84. The molecule has 4 rings (SSSR count). The van der Waals surface area contributed by atoms with Gasteiger partial charge in [-0.05, 0) is 74.5 Å². The fourth-order valence-electron chi connectivity index (χ4n) is 8.14. The van der Waals surface area contributed by atoms with Crippen LogP contribution in [0.25, 0.3) is 0 Å². The van der Waals surface area contributed by atoms with Gasteiger partial charge in [0.05, 0.1) is 6.07 Å². The number of carbonyl (C=O) groups excluding carboxylic acids is 1. The second kappa shape index (κ2) is 6.25. The number of rotatable bonds is 1. The van der Waals surface area contributed by atoms with Crippen LogP contribution in [0.15, 0.2) is 0 Å². The van der Waals surface area contributed by atoms with Gasteiger partial charge in [0, 0.05) is 23.7 Å². The third-order valence-corrected chi connectivity index (χ3v) is 8.94. The summed E-state index contributed by atoms with van der Waals surface area (Å²) in [5, 5.41) is 9.61. The van der Waals surface area contributed by atoms with Crippen LogP contribution in [0.5, 0.6) is 0 Å². The molecule has 0 heterocycles. The lowest BCUT2D eigenvalue weighted by molar-refractivity contribution is -0.164. The van der Waals surface area contributed by atoms with Crippen LogP contribution in [0.1, 0.15) is 79.1 Å². The van der Waals surface area contributed by atoms with Crippen molar-refractivity contribution in [1.82, 2.24) is 0 Å². The molecule has 0 spiro atoms. The van der Waals surface area contributed by atoms with E-state index in [1.807, 2.05) is 0 Å². The highest BCUT2D eigenvalue weighted by molar-refractivity contribution is 5.66. The summed E-state index contributed by atoms with van der Waals surface area (Å²) in [5.41, 5.74) is 0.199. The Bertz CT molecular complexity index is 620. The zero-order valence-electron chi connectivity index (χ0n) is 17.0. The minimum Gasteiger partial charge on any atom is -0.461 e. The average molecular weight is 358 g/mol. The summed E-state index contributed by atoms with van der Waals surface area (Å²) in [6.45, 7) is 8.57. The Morgan fingerprint density at radius 3 is 2.38 bits per heavy atom. The monoisotopic (exact) mass is 357 g/mol. The molecule has 0 N–H and O–H groups in total. The first-order valence-corrected chi connectivity index (χ1v) is 10.8. The number of nitriles is 1. The van der Waals surface area contributed by atoms with E-state index < -0.39 is 0 Å². The average Bonchev–Trinajstić information content (AvgIpc) is 2.80. The van der Waals surface area contributed by atoms with Crippen molar-refractivity contribution in [2.75, 3.05) is 0 Å². The van der Waals surface area contributed by atoms with Crippen LogP contribution in [0.3, 0.4) is 0 Å². The second-order valence-electron chi connectivity index (χ2n) is 10.7. The highest BCUT2D eigenvalue weighted by Gasteiger charge is 2.63. The Morgan fingerprint density at radius 1 is 1.00 bits per heavy atom. The maximum Gasteiger partial charge on any atom is 0.302 e. The molecule has 26 heavy (non-hydrogen) atoms. The molecule has 8 atom stereocenters. The van der Waals surface area contributed by atoms with E-state index >= 15 is 0 Å².